The maximum Gasteiger partial charge on any atom is 0.0888 e. The third kappa shape index (κ3) is 1.85. The molecule has 1 saturated carbocycles. The number of aromatic nitrogens is 1. The molecule has 3 aromatic rings. The Morgan fingerprint density at radius 2 is 1.62 bits per heavy atom. The molecule has 1 aromatic heterocycles. The first-order valence-corrected chi connectivity index (χ1v) is 8.82. The highest BCUT2D eigenvalue weighted by Crippen LogP contribution is 2.48. The first kappa shape index (κ1) is 12.7. The Bertz CT molecular complexity index is 826. The first-order valence-electron chi connectivity index (χ1n) is 7.23. The van der Waals surface area contributed by atoms with E-state index in [-0.39, 0.29) is 0 Å². The molecular weight excluding hydrogens is 394 g/mol. The molecule has 2 fully saturated rings. The molecule has 1 saturated heterocycles. The Hall–Kier alpha value is -0.840. The molecule has 0 radical (unpaired) electrons. The van der Waals surface area contributed by atoms with Gasteiger partial charge in [-0.05, 0) is 42.8 Å². The Labute approximate surface area is 139 Å². The van der Waals surface area contributed by atoms with Crippen LogP contribution in [0.5, 0.6) is 0 Å². The molecule has 21 heavy (non-hydrogen) atoms. The van der Waals surface area contributed by atoms with Crippen LogP contribution >= 0.6 is 31.9 Å². The van der Waals surface area contributed by atoms with Crippen molar-refractivity contribution in [1.29, 1.82) is 0 Å². The highest BCUT2D eigenvalue weighted by molar-refractivity contribution is 9.10. The third-order valence-electron chi connectivity index (χ3n) is 4.83. The van der Waals surface area contributed by atoms with E-state index in [0.717, 1.165) is 15.5 Å². The van der Waals surface area contributed by atoms with Crippen molar-refractivity contribution in [3.05, 3.63) is 45.3 Å². The lowest BCUT2D eigenvalue weighted by molar-refractivity contribution is 0.330. The summed E-state index contributed by atoms with van der Waals surface area (Å²) in [5.41, 5.74) is 2.63. The van der Waals surface area contributed by atoms with Gasteiger partial charge in [0.2, 0.25) is 0 Å². The minimum atomic E-state index is 0.531. The molecule has 2 aromatic carbocycles. The SMILES string of the molecule is Brc1ccc2c(c1)c1cc(Br)ccc1n2CC1CC2OC12. The van der Waals surface area contributed by atoms with Crippen molar-refractivity contribution in [3.63, 3.8) is 0 Å². The molecular formula is C17H13Br2NO. The first-order chi connectivity index (χ1) is 10.2. The summed E-state index contributed by atoms with van der Waals surface area (Å²) in [5, 5.41) is 2.63. The number of halogens is 2. The molecule has 0 spiro atoms. The van der Waals surface area contributed by atoms with E-state index in [1.54, 1.807) is 0 Å². The lowest BCUT2D eigenvalue weighted by Crippen LogP contribution is -2.27. The lowest BCUT2D eigenvalue weighted by atomic mass is 9.85. The van der Waals surface area contributed by atoms with Crippen molar-refractivity contribution in [3.8, 4) is 0 Å². The summed E-state index contributed by atoms with van der Waals surface area (Å²) in [4.78, 5) is 0. The molecule has 3 atom stereocenters. The molecule has 0 N–H and O–H groups in total. The lowest BCUT2D eigenvalue weighted by Gasteiger charge is -2.22. The van der Waals surface area contributed by atoms with E-state index in [2.05, 4.69) is 72.8 Å². The molecule has 2 heterocycles. The number of fused-ring (bicyclic) bond motifs is 4. The van der Waals surface area contributed by atoms with Crippen LogP contribution in [0.2, 0.25) is 0 Å². The summed E-state index contributed by atoms with van der Waals surface area (Å²) < 4.78 is 10.3. The predicted octanol–water partition coefficient (Wildman–Crippen LogP) is 5.11. The van der Waals surface area contributed by atoms with E-state index < -0.39 is 0 Å². The number of hydrogen-bond donors (Lipinski definition) is 0. The van der Waals surface area contributed by atoms with Gasteiger partial charge in [0.15, 0.2) is 0 Å². The van der Waals surface area contributed by atoms with Crippen LogP contribution in [0.25, 0.3) is 21.8 Å². The molecule has 106 valence electrons. The van der Waals surface area contributed by atoms with Crippen molar-refractivity contribution in [2.24, 2.45) is 5.92 Å². The number of rotatable bonds is 2. The summed E-state index contributed by atoms with van der Waals surface area (Å²) in [6.07, 6.45) is 2.33. The van der Waals surface area contributed by atoms with E-state index in [4.69, 9.17) is 4.74 Å². The molecule has 2 nitrogen and oxygen atoms in total. The van der Waals surface area contributed by atoms with Crippen LogP contribution in [-0.4, -0.2) is 16.8 Å². The van der Waals surface area contributed by atoms with Gasteiger partial charge in [-0.25, -0.2) is 0 Å². The highest BCUT2D eigenvalue weighted by Gasteiger charge is 2.55. The zero-order valence-corrected chi connectivity index (χ0v) is 14.4. The van der Waals surface area contributed by atoms with E-state index in [9.17, 15) is 0 Å². The van der Waals surface area contributed by atoms with Gasteiger partial charge in [0.25, 0.3) is 0 Å². The zero-order chi connectivity index (χ0) is 14.1. The van der Waals surface area contributed by atoms with Gasteiger partial charge in [0.05, 0.1) is 12.2 Å². The molecule has 5 rings (SSSR count). The number of hydrogen-bond acceptors (Lipinski definition) is 1. The van der Waals surface area contributed by atoms with Crippen molar-refractivity contribution in [2.75, 3.05) is 0 Å². The molecule has 0 amide bonds. The Morgan fingerprint density at radius 1 is 1.00 bits per heavy atom. The van der Waals surface area contributed by atoms with Gasteiger partial charge >= 0.3 is 0 Å². The monoisotopic (exact) mass is 405 g/mol. The fourth-order valence-electron chi connectivity index (χ4n) is 3.66. The van der Waals surface area contributed by atoms with Crippen LogP contribution in [0.3, 0.4) is 0 Å². The van der Waals surface area contributed by atoms with Crippen molar-refractivity contribution in [1.82, 2.24) is 4.57 Å². The largest absolute Gasteiger partial charge is 0.369 e. The van der Waals surface area contributed by atoms with Crippen LogP contribution in [0, 0.1) is 5.92 Å². The van der Waals surface area contributed by atoms with E-state index in [1.807, 2.05) is 0 Å². The quantitative estimate of drug-likeness (QED) is 0.540. The number of ether oxygens (including phenoxy) is 1. The van der Waals surface area contributed by atoms with E-state index in [0.29, 0.717) is 18.1 Å². The topological polar surface area (TPSA) is 17.5 Å². The number of epoxide rings is 1. The second kappa shape index (κ2) is 4.34. The Balaban J connectivity index is 1.76. The third-order valence-corrected chi connectivity index (χ3v) is 5.81. The summed E-state index contributed by atoms with van der Waals surface area (Å²) in [5.74, 6) is 0.682. The van der Waals surface area contributed by atoms with Crippen molar-refractivity contribution >= 4 is 53.7 Å². The minimum absolute atomic E-state index is 0.531. The summed E-state index contributed by atoms with van der Waals surface area (Å²) in [6, 6.07) is 13.1. The summed E-state index contributed by atoms with van der Waals surface area (Å²) >= 11 is 7.19. The van der Waals surface area contributed by atoms with Crippen LogP contribution in [0.15, 0.2) is 45.3 Å². The summed E-state index contributed by atoms with van der Waals surface area (Å²) in [6.45, 7) is 1.06. The molecule has 0 bridgehead atoms. The maximum atomic E-state index is 5.62. The Morgan fingerprint density at radius 3 is 2.10 bits per heavy atom. The maximum absolute atomic E-state index is 5.62. The molecule has 3 unspecified atom stereocenters. The number of benzene rings is 2. The van der Waals surface area contributed by atoms with Crippen LogP contribution < -0.4 is 0 Å². The molecule has 2 aliphatic rings. The van der Waals surface area contributed by atoms with Gasteiger partial charge < -0.3 is 9.30 Å². The van der Waals surface area contributed by atoms with Crippen molar-refractivity contribution < 1.29 is 4.74 Å². The average molecular weight is 407 g/mol. The summed E-state index contributed by atoms with van der Waals surface area (Å²) in [7, 11) is 0. The second-order valence-corrected chi connectivity index (χ2v) is 7.90. The fourth-order valence-corrected chi connectivity index (χ4v) is 4.38. The minimum Gasteiger partial charge on any atom is -0.369 e. The van der Waals surface area contributed by atoms with Crippen LogP contribution in [0.1, 0.15) is 6.42 Å². The highest BCUT2D eigenvalue weighted by atomic mass is 79.9. The van der Waals surface area contributed by atoms with Crippen molar-refractivity contribution in [2.45, 2.75) is 25.2 Å². The zero-order valence-electron chi connectivity index (χ0n) is 11.2. The Kier molecular flexibility index (Phi) is 2.62. The number of nitrogens with zero attached hydrogens (tertiary/aromatic N) is 1. The van der Waals surface area contributed by atoms with Crippen LogP contribution in [-0.2, 0) is 11.3 Å². The predicted molar refractivity (Wildman–Crippen MR) is 91.6 cm³/mol. The molecule has 1 aliphatic carbocycles. The standard InChI is InChI=1S/C17H13Br2NO/c18-10-1-3-14-12(6-10)13-7-11(19)2-4-15(13)20(14)8-9-5-16-17(9)21-16/h1-4,6-7,9,16-17H,5,8H2. The molecule has 4 heteroatoms. The average Bonchev–Trinajstić information content (AvgIpc) is 3.02. The molecule has 1 aliphatic heterocycles. The van der Waals surface area contributed by atoms with E-state index in [1.165, 1.54) is 28.2 Å². The van der Waals surface area contributed by atoms with Crippen LogP contribution in [0.4, 0.5) is 0 Å². The fraction of sp³-hybridized carbons (Fsp3) is 0.294. The smallest absolute Gasteiger partial charge is 0.0888 e. The second-order valence-electron chi connectivity index (χ2n) is 6.07. The van der Waals surface area contributed by atoms with Gasteiger partial charge in [-0.15, -0.1) is 0 Å². The van der Waals surface area contributed by atoms with E-state index >= 15 is 0 Å². The van der Waals surface area contributed by atoms with Gasteiger partial charge in [0, 0.05) is 43.2 Å². The van der Waals surface area contributed by atoms with Gasteiger partial charge in [-0.2, -0.15) is 0 Å². The normalized spacial score (nSPS) is 26.9. The van der Waals surface area contributed by atoms with Gasteiger partial charge in [-0.1, -0.05) is 31.9 Å². The van der Waals surface area contributed by atoms with Gasteiger partial charge in [0.1, 0.15) is 0 Å². The van der Waals surface area contributed by atoms with Gasteiger partial charge in [-0.3, -0.25) is 0 Å².